The first-order valence-corrected chi connectivity index (χ1v) is 3.47. The van der Waals surface area contributed by atoms with E-state index in [4.69, 9.17) is 0 Å². The standard InChI is InChI=1S/C7H13NO/c1-3-4-7(2)6(9)5-8-7/h8H,3-5H2,1-2H3. The molecule has 1 aliphatic rings. The van der Waals surface area contributed by atoms with Gasteiger partial charge in [-0.15, -0.1) is 0 Å². The van der Waals surface area contributed by atoms with E-state index in [2.05, 4.69) is 12.2 Å². The molecule has 1 N–H and O–H groups in total. The van der Waals surface area contributed by atoms with E-state index in [1.165, 1.54) is 0 Å². The number of hydrogen-bond donors (Lipinski definition) is 1. The first-order chi connectivity index (χ1) is 4.19. The summed E-state index contributed by atoms with van der Waals surface area (Å²) < 4.78 is 0. The molecule has 0 radical (unpaired) electrons. The Morgan fingerprint density at radius 3 is 2.56 bits per heavy atom. The van der Waals surface area contributed by atoms with Crippen LogP contribution in [0.4, 0.5) is 0 Å². The Morgan fingerprint density at radius 1 is 1.78 bits per heavy atom. The van der Waals surface area contributed by atoms with E-state index < -0.39 is 0 Å². The van der Waals surface area contributed by atoms with E-state index >= 15 is 0 Å². The molecule has 1 aliphatic heterocycles. The maximum absolute atomic E-state index is 10.9. The van der Waals surface area contributed by atoms with Crippen molar-refractivity contribution in [3.8, 4) is 0 Å². The molecule has 9 heavy (non-hydrogen) atoms. The lowest BCUT2D eigenvalue weighted by atomic mass is 9.84. The molecule has 1 saturated heterocycles. The molecule has 2 nitrogen and oxygen atoms in total. The summed E-state index contributed by atoms with van der Waals surface area (Å²) in [6.45, 7) is 4.65. The van der Waals surface area contributed by atoms with Gasteiger partial charge in [0.2, 0.25) is 0 Å². The van der Waals surface area contributed by atoms with Crippen molar-refractivity contribution in [1.29, 1.82) is 0 Å². The van der Waals surface area contributed by atoms with E-state index in [1.807, 2.05) is 6.92 Å². The lowest BCUT2D eigenvalue weighted by Crippen LogP contribution is -2.63. The number of rotatable bonds is 2. The van der Waals surface area contributed by atoms with Crippen molar-refractivity contribution in [1.82, 2.24) is 5.32 Å². The third-order valence-corrected chi connectivity index (χ3v) is 2.00. The van der Waals surface area contributed by atoms with Crippen LogP contribution in [0.1, 0.15) is 26.7 Å². The van der Waals surface area contributed by atoms with E-state index in [0.717, 1.165) is 12.8 Å². The molecule has 1 fully saturated rings. The van der Waals surface area contributed by atoms with Gasteiger partial charge < -0.3 is 0 Å². The summed E-state index contributed by atoms with van der Waals surface area (Å²) >= 11 is 0. The van der Waals surface area contributed by atoms with E-state index in [9.17, 15) is 4.79 Å². The van der Waals surface area contributed by atoms with Crippen LogP contribution in [0.3, 0.4) is 0 Å². The molecule has 1 atom stereocenters. The van der Waals surface area contributed by atoms with Gasteiger partial charge in [-0.05, 0) is 13.3 Å². The molecule has 0 amide bonds. The Labute approximate surface area is 55.6 Å². The van der Waals surface area contributed by atoms with Crippen LogP contribution in [0.15, 0.2) is 0 Å². The second-order valence-corrected chi connectivity index (χ2v) is 2.86. The van der Waals surface area contributed by atoms with Crippen LogP contribution < -0.4 is 5.32 Å². The predicted octanol–water partition coefficient (Wildman–Crippen LogP) is 0.718. The van der Waals surface area contributed by atoms with Gasteiger partial charge in [-0.25, -0.2) is 0 Å². The minimum atomic E-state index is -0.158. The van der Waals surface area contributed by atoms with Gasteiger partial charge in [-0.2, -0.15) is 0 Å². The second-order valence-electron chi connectivity index (χ2n) is 2.86. The number of ketones is 1. The van der Waals surface area contributed by atoms with Crippen molar-refractivity contribution >= 4 is 5.78 Å². The maximum atomic E-state index is 10.9. The van der Waals surface area contributed by atoms with Crippen molar-refractivity contribution in [3.63, 3.8) is 0 Å². The predicted molar refractivity (Wildman–Crippen MR) is 36.3 cm³/mol. The van der Waals surface area contributed by atoms with Crippen molar-refractivity contribution in [2.45, 2.75) is 32.2 Å². The minimum absolute atomic E-state index is 0.158. The summed E-state index contributed by atoms with van der Waals surface area (Å²) in [6.07, 6.45) is 2.06. The number of nitrogens with one attached hydrogen (secondary N) is 1. The van der Waals surface area contributed by atoms with Crippen LogP contribution in [-0.4, -0.2) is 17.9 Å². The van der Waals surface area contributed by atoms with Gasteiger partial charge in [-0.1, -0.05) is 13.3 Å². The lowest BCUT2D eigenvalue weighted by molar-refractivity contribution is -0.131. The molecule has 0 bridgehead atoms. The van der Waals surface area contributed by atoms with Crippen molar-refractivity contribution in [2.75, 3.05) is 6.54 Å². The fourth-order valence-electron chi connectivity index (χ4n) is 1.19. The van der Waals surface area contributed by atoms with Gasteiger partial charge in [0, 0.05) is 0 Å². The van der Waals surface area contributed by atoms with Gasteiger partial charge in [0.05, 0.1) is 12.1 Å². The first kappa shape index (κ1) is 6.75. The Bertz CT molecular complexity index is 133. The average Bonchev–Trinajstić information content (AvgIpc) is 1.86. The Kier molecular flexibility index (Phi) is 1.58. The third-order valence-electron chi connectivity index (χ3n) is 2.00. The molecule has 1 rings (SSSR count). The minimum Gasteiger partial charge on any atom is -0.298 e. The number of carbonyl (C=O) groups excluding carboxylic acids is 1. The molecule has 52 valence electrons. The third kappa shape index (κ3) is 0.990. The Hall–Kier alpha value is -0.370. The Balaban J connectivity index is 2.43. The molecule has 0 spiro atoms. The smallest absolute Gasteiger partial charge is 0.166 e. The van der Waals surface area contributed by atoms with Crippen LogP contribution in [0, 0.1) is 0 Å². The molecule has 0 saturated carbocycles. The zero-order valence-corrected chi connectivity index (χ0v) is 6.03. The summed E-state index contributed by atoms with van der Waals surface area (Å²) in [4.78, 5) is 10.9. The number of hydrogen-bond acceptors (Lipinski definition) is 2. The zero-order valence-electron chi connectivity index (χ0n) is 6.03. The molecule has 1 heterocycles. The van der Waals surface area contributed by atoms with Gasteiger partial charge >= 0.3 is 0 Å². The van der Waals surface area contributed by atoms with Crippen molar-refractivity contribution in [2.24, 2.45) is 0 Å². The second kappa shape index (κ2) is 2.10. The normalized spacial score (nSPS) is 34.2. The molecule has 2 heteroatoms. The quantitative estimate of drug-likeness (QED) is 0.592. The highest BCUT2D eigenvalue weighted by atomic mass is 16.1. The highest BCUT2D eigenvalue weighted by Gasteiger charge is 2.39. The highest BCUT2D eigenvalue weighted by molar-refractivity contribution is 5.95. The fourth-order valence-corrected chi connectivity index (χ4v) is 1.19. The average molecular weight is 127 g/mol. The van der Waals surface area contributed by atoms with Crippen LogP contribution in [0.2, 0.25) is 0 Å². The zero-order chi connectivity index (χ0) is 6.91. The molecule has 0 aromatic rings. The summed E-state index contributed by atoms with van der Waals surface area (Å²) in [6, 6.07) is 0. The number of Topliss-reactive ketones (excluding diaryl/α,β-unsaturated/α-hetero) is 1. The van der Waals surface area contributed by atoms with Crippen molar-refractivity contribution < 1.29 is 4.79 Å². The van der Waals surface area contributed by atoms with Gasteiger partial charge in [0.25, 0.3) is 0 Å². The summed E-state index contributed by atoms with van der Waals surface area (Å²) in [5, 5.41) is 3.12. The molecule has 1 unspecified atom stereocenters. The summed E-state index contributed by atoms with van der Waals surface area (Å²) in [5.41, 5.74) is -0.158. The van der Waals surface area contributed by atoms with Crippen molar-refractivity contribution in [3.05, 3.63) is 0 Å². The fraction of sp³-hybridized carbons (Fsp3) is 0.857. The molecular weight excluding hydrogens is 114 g/mol. The molecule has 0 aromatic carbocycles. The molecule has 0 aromatic heterocycles. The van der Waals surface area contributed by atoms with E-state index in [-0.39, 0.29) is 5.54 Å². The van der Waals surface area contributed by atoms with Gasteiger partial charge in [-0.3, -0.25) is 10.1 Å². The lowest BCUT2D eigenvalue weighted by Gasteiger charge is -2.37. The van der Waals surface area contributed by atoms with E-state index in [1.54, 1.807) is 0 Å². The van der Waals surface area contributed by atoms with Gasteiger partial charge in [0.15, 0.2) is 5.78 Å². The maximum Gasteiger partial charge on any atom is 0.166 e. The molecular formula is C7H13NO. The SMILES string of the molecule is CCCC1(C)NCC1=O. The topological polar surface area (TPSA) is 29.1 Å². The van der Waals surface area contributed by atoms with Crippen LogP contribution in [-0.2, 0) is 4.79 Å². The van der Waals surface area contributed by atoms with Crippen LogP contribution >= 0.6 is 0 Å². The monoisotopic (exact) mass is 127 g/mol. The Morgan fingerprint density at radius 2 is 2.44 bits per heavy atom. The van der Waals surface area contributed by atoms with Crippen LogP contribution in [0.5, 0.6) is 0 Å². The van der Waals surface area contributed by atoms with E-state index in [0.29, 0.717) is 12.3 Å². The van der Waals surface area contributed by atoms with Gasteiger partial charge in [0.1, 0.15) is 0 Å². The van der Waals surface area contributed by atoms with Crippen LogP contribution in [0.25, 0.3) is 0 Å². The molecule has 0 aliphatic carbocycles. The highest BCUT2D eigenvalue weighted by Crippen LogP contribution is 2.19. The largest absolute Gasteiger partial charge is 0.298 e. The first-order valence-electron chi connectivity index (χ1n) is 3.47. The number of carbonyl (C=O) groups is 1. The summed E-state index contributed by atoms with van der Waals surface area (Å²) in [7, 11) is 0. The summed E-state index contributed by atoms with van der Waals surface area (Å²) in [5.74, 6) is 0.365.